The van der Waals surface area contributed by atoms with Crippen LogP contribution >= 0.6 is 0 Å². The molecule has 4 heteroatoms. The van der Waals surface area contributed by atoms with Crippen molar-refractivity contribution < 1.29 is 4.79 Å². The number of pyridine rings is 1. The maximum atomic E-state index is 11.2. The molecule has 1 aliphatic rings. The lowest BCUT2D eigenvalue weighted by Crippen LogP contribution is -2.12. The number of hydrogen-bond acceptors (Lipinski definition) is 3. The van der Waals surface area contributed by atoms with Crippen molar-refractivity contribution in [3.05, 3.63) is 29.7 Å². The summed E-state index contributed by atoms with van der Waals surface area (Å²) in [6.07, 6.45) is 5.59. The van der Waals surface area contributed by atoms with Gasteiger partial charge in [0, 0.05) is 17.7 Å². The molecular weight excluding hydrogens is 202 g/mol. The maximum Gasteiger partial charge on any atom is 0.161 e. The first-order valence-electron chi connectivity index (χ1n) is 5.61. The highest BCUT2D eigenvalue weighted by atomic mass is 16.1. The molecule has 0 aliphatic heterocycles. The topological polar surface area (TPSA) is 47.3 Å². The van der Waals surface area contributed by atoms with Gasteiger partial charge in [-0.15, -0.1) is 10.2 Å². The second-order valence-electron chi connectivity index (χ2n) is 4.39. The van der Waals surface area contributed by atoms with E-state index in [0.29, 0.717) is 11.5 Å². The summed E-state index contributed by atoms with van der Waals surface area (Å²) in [6.45, 7) is 1.56. The first kappa shape index (κ1) is 9.51. The van der Waals surface area contributed by atoms with E-state index in [1.54, 1.807) is 13.0 Å². The molecule has 0 N–H and O–H groups in total. The highest BCUT2D eigenvalue weighted by Crippen LogP contribution is 2.35. The summed E-state index contributed by atoms with van der Waals surface area (Å²) in [5.74, 6) is 1.66. The highest BCUT2D eigenvalue weighted by Gasteiger charge is 2.24. The molecule has 1 fully saturated rings. The first-order valence-corrected chi connectivity index (χ1v) is 5.61. The Labute approximate surface area is 93.3 Å². The van der Waals surface area contributed by atoms with Crippen LogP contribution in [0.15, 0.2) is 18.3 Å². The van der Waals surface area contributed by atoms with E-state index in [1.807, 2.05) is 16.7 Å². The highest BCUT2D eigenvalue weighted by molar-refractivity contribution is 5.94. The van der Waals surface area contributed by atoms with Gasteiger partial charge in [0.2, 0.25) is 0 Å². The number of aromatic nitrogens is 3. The molecule has 82 valence electrons. The van der Waals surface area contributed by atoms with E-state index < -0.39 is 0 Å². The average molecular weight is 215 g/mol. The number of rotatable bonds is 2. The number of carbonyl (C=O) groups excluding carboxylic acids is 1. The zero-order valence-electron chi connectivity index (χ0n) is 9.18. The van der Waals surface area contributed by atoms with Gasteiger partial charge in [0.1, 0.15) is 5.82 Å². The van der Waals surface area contributed by atoms with Crippen molar-refractivity contribution >= 4 is 11.4 Å². The number of fused-ring (bicyclic) bond motifs is 1. The Kier molecular flexibility index (Phi) is 2.02. The number of hydrogen-bond donors (Lipinski definition) is 0. The van der Waals surface area contributed by atoms with E-state index in [1.165, 1.54) is 19.3 Å². The summed E-state index contributed by atoms with van der Waals surface area (Å²) in [6, 6.07) is 3.64. The van der Waals surface area contributed by atoms with Gasteiger partial charge in [-0.2, -0.15) is 0 Å². The van der Waals surface area contributed by atoms with Crippen LogP contribution in [0.2, 0.25) is 0 Å². The molecule has 0 bridgehead atoms. The van der Waals surface area contributed by atoms with E-state index in [4.69, 9.17) is 0 Å². The molecule has 0 radical (unpaired) electrons. The standard InChI is InChI=1S/C12H13N3O/c1-8(16)10-5-6-15-11(7-10)13-14-12(15)9-3-2-4-9/h5-7,9H,2-4H2,1H3. The van der Waals surface area contributed by atoms with Crippen molar-refractivity contribution in [2.75, 3.05) is 0 Å². The van der Waals surface area contributed by atoms with Crippen LogP contribution in [0.1, 0.15) is 48.3 Å². The van der Waals surface area contributed by atoms with Crippen LogP contribution in [-0.2, 0) is 0 Å². The van der Waals surface area contributed by atoms with Crippen molar-refractivity contribution in [1.29, 1.82) is 0 Å². The summed E-state index contributed by atoms with van der Waals surface area (Å²) in [7, 11) is 0. The van der Waals surface area contributed by atoms with Gasteiger partial charge in [0.25, 0.3) is 0 Å². The molecule has 0 amide bonds. The summed E-state index contributed by atoms with van der Waals surface area (Å²) >= 11 is 0. The van der Waals surface area contributed by atoms with Crippen LogP contribution in [0.25, 0.3) is 5.65 Å². The van der Waals surface area contributed by atoms with Crippen LogP contribution in [0.3, 0.4) is 0 Å². The Morgan fingerprint density at radius 3 is 2.88 bits per heavy atom. The molecule has 4 nitrogen and oxygen atoms in total. The zero-order chi connectivity index (χ0) is 11.1. The van der Waals surface area contributed by atoms with Crippen LogP contribution in [0.4, 0.5) is 0 Å². The number of Topliss-reactive ketones (excluding diaryl/α,β-unsaturated/α-hetero) is 1. The van der Waals surface area contributed by atoms with E-state index in [9.17, 15) is 4.79 Å². The first-order chi connectivity index (χ1) is 7.75. The number of ketones is 1. The van der Waals surface area contributed by atoms with Crippen LogP contribution < -0.4 is 0 Å². The third kappa shape index (κ3) is 1.33. The molecule has 0 unspecified atom stereocenters. The quantitative estimate of drug-likeness (QED) is 0.721. The summed E-state index contributed by atoms with van der Waals surface area (Å²) in [4.78, 5) is 11.2. The smallest absolute Gasteiger partial charge is 0.161 e. The Morgan fingerprint density at radius 2 is 2.25 bits per heavy atom. The van der Waals surface area contributed by atoms with Gasteiger partial charge in [-0.1, -0.05) is 6.42 Å². The molecule has 1 aliphatic carbocycles. The lowest BCUT2D eigenvalue weighted by molar-refractivity contribution is 0.101. The van der Waals surface area contributed by atoms with E-state index in [-0.39, 0.29) is 5.78 Å². The van der Waals surface area contributed by atoms with Crippen molar-refractivity contribution in [2.45, 2.75) is 32.1 Å². The van der Waals surface area contributed by atoms with E-state index >= 15 is 0 Å². The van der Waals surface area contributed by atoms with Gasteiger partial charge in [-0.3, -0.25) is 9.20 Å². The zero-order valence-corrected chi connectivity index (χ0v) is 9.18. The molecule has 2 aromatic rings. The number of carbonyl (C=O) groups is 1. The fourth-order valence-electron chi connectivity index (χ4n) is 2.07. The second kappa shape index (κ2) is 3.40. The predicted octanol–water partition coefficient (Wildman–Crippen LogP) is 2.20. The molecule has 0 atom stereocenters. The maximum absolute atomic E-state index is 11.2. The fourth-order valence-corrected chi connectivity index (χ4v) is 2.07. The normalized spacial score (nSPS) is 16.3. The minimum absolute atomic E-state index is 0.0655. The van der Waals surface area contributed by atoms with Crippen LogP contribution in [0, 0.1) is 0 Å². The monoisotopic (exact) mass is 215 g/mol. The molecule has 2 heterocycles. The second-order valence-corrected chi connectivity index (χ2v) is 4.39. The Morgan fingerprint density at radius 1 is 1.44 bits per heavy atom. The van der Waals surface area contributed by atoms with E-state index in [2.05, 4.69) is 10.2 Å². The van der Waals surface area contributed by atoms with Gasteiger partial charge in [0.15, 0.2) is 11.4 Å². The van der Waals surface area contributed by atoms with Crippen molar-refractivity contribution in [2.24, 2.45) is 0 Å². The van der Waals surface area contributed by atoms with Gasteiger partial charge >= 0.3 is 0 Å². The van der Waals surface area contributed by atoms with Crippen LogP contribution in [0.5, 0.6) is 0 Å². The molecule has 0 spiro atoms. The van der Waals surface area contributed by atoms with E-state index in [0.717, 1.165) is 11.5 Å². The minimum atomic E-state index is 0.0655. The fraction of sp³-hybridized carbons (Fsp3) is 0.417. The summed E-state index contributed by atoms with van der Waals surface area (Å²) in [5.41, 5.74) is 1.47. The van der Waals surface area contributed by atoms with Gasteiger partial charge in [-0.25, -0.2) is 0 Å². The van der Waals surface area contributed by atoms with Gasteiger partial charge < -0.3 is 0 Å². The molecule has 1 saturated carbocycles. The van der Waals surface area contributed by atoms with Crippen molar-refractivity contribution in [3.63, 3.8) is 0 Å². The third-order valence-electron chi connectivity index (χ3n) is 3.31. The third-order valence-corrected chi connectivity index (χ3v) is 3.31. The number of nitrogens with zero attached hydrogens (tertiary/aromatic N) is 3. The minimum Gasteiger partial charge on any atom is -0.295 e. The lowest BCUT2D eigenvalue weighted by atomic mass is 9.85. The summed E-state index contributed by atoms with van der Waals surface area (Å²) < 4.78 is 2.00. The molecule has 3 rings (SSSR count). The Bertz CT molecular complexity index is 554. The molecule has 16 heavy (non-hydrogen) atoms. The van der Waals surface area contributed by atoms with Crippen molar-refractivity contribution in [3.8, 4) is 0 Å². The largest absolute Gasteiger partial charge is 0.295 e. The molecule has 0 aromatic carbocycles. The molecule has 0 saturated heterocycles. The summed E-state index contributed by atoms with van der Waals surface area (Å²) in [5, 5.41) is 8.34. The van der Waals surface area contributed by atoms with Gasteiger partial charge in [0.05, 0.1) is 0 Å². The Balaban J connectivity index is 2.10. The van der Waals surface area contributed by atoms with Crippen molar-refractivity contribution in [1.82, 2.24) is 14.6 Å². The molecule has 2 aromatic heterocycles. The SMILES string of the molecule is CC(=O)c1ccn2c(C3CCC3)nnc2c1. The van der Waals surface area contributed by atoms with Crippen LogP contribution in [-0.4, -0.2) is 20.4 Å². The average Bonchev–Trinajstić information content (AvgIpc) is 2.59. The molecular formula is C12H13N3O. The predicted molar refractivity (Wildman–Crippen MR) is 59.6 cm³/mol. The van der Waals surface area contributed by atoms with Gasteiger partial charge in [-0.05, 0) is 31.9 Å². The lowest BCUT2D eigenvalue weighted by Gasteiger charge is -2.23. The Hall–Kier alpha value is -1.71.